The number of carbonyl (C=O) groups excluding carboxylic acids is 1. The molecule has 1 aromatic carbocycles. The molecule has 4 heteroatoms. The molecular weight excluding hydrogens is 216 g/mol. The van der Waals surface area contributed by atoms with Gasteiger partial charge in [-0.25, -0.2) is 0 Å². The van der Waals surface area contributed by atoms with Crippen LogP contribution in [0.5, 0.6) is 5.75 Å². The summed E-state index contributed by atoms with van der Waals surface area (Å²) in [5.41, 5.74) is 1.99. The number of anilines is 2. The molecule has 0 unspecified atom stereocenters. The van der Waals surface area contributed by atoms with Gasteiger partial charge in [-0.3, -0.25) is 4.79 Å². The second-order valence-electron chi connectivity index (χ2n) is 4.64. The SMILES string of the molecule is COc1ccc2c(c1)N(C1CCC1)CC(=O)N2. The zero-order valence-corrected chi connectivity index (χ0v) is 9.90. The van der Waals surface area contributed by atoms with E-state index in [0.717, 1.165) is 17.1 Å². The normalized spacial score (nSPS) is 19.4. The van der Waals surface area contributed by atoms with E-state index in [1.807, 2.05) is 18.2 Å². The minimum atomic E-state index is 0.0783. The van der Waals surface area contributed by atoms with Gasteiger partial charge in [0.25, 0.3) is 0 Å². The highest BCUT2D eigenvalue weighted by Gasteiger charge is 2.31. The molecule has 0 bridgehead atoms. The molecule has 2 aliphatic rings. The molecule has 0 atom stereocenters. The smallest absolute Gasteiger partial charge is 0.243 e. The van der Waals surface area contributed by atoms with Gasteiger partial charge in [0.05, 0.1) is 25.0 Å². The third kappa shape index (κ3) is 1.73. The first-order chi connectivity index (χ1) is 8.28. The molecule has 1 aliphatic heterocycles. The number of carbonyl (C=O) groups is 1. The summed E-state index contributed by atoms with van der Waals surface area (Å²) in [5.74, 6) is 0.916. The minimum absolute atomic E-state index is 0.0783. The summed E-state index contributed by atoms with van der Waals surface area (Å²) < 4.78 is 5.25. The molecule has 1 heterocycles. The fourth-order valence-corrected chi connectivity index (χ4v) is 2.44. The fraction of sp³-hybridized carbons (Fsp3) is 0.462. The first-order valence-electron chi connectivity index (χ1n) is 6.02. The van der Waals surface area contributed by atoms with E-state index >= 15 is 0 Å². The van der Waals surface area contributed by atoms with Gasteiger partial charge in [0.15, 0.2) is 0 Å². The van der Waals surface area contributed by atoms with Crippen molar-refractivity contribution in [3.8, 4) is 5.75 Å². The standard InChI is InChI=1S/C13H16N2O2/c1-17-10-5-6-11-12(7-10)15(8-13(16)14-11)9-3-2-4-9/h5-7,9H,2-4,8H2,1H3,(H,14,16). The molecule has 90 valence electrons. The van der Waals surface area contributed by atoms with E-state index in [9.17, 15) is 4.79 Å². The molecule has 1 aliphatic carbocycles. The molecule has 1 aromatic rings. The lowest BCUT2D eigenvalue weighted by Gasteiger charge is -2.41. The van der Waals surface area contributed by atoms with Gasteiger partial charge in [0, 0.05) is 12.1 Å². The summed E-state index contributed by atoms with van der Waals surface area (Å²) >= 11 is 0. The van der Waals surface area contributed by atoms with E-state index in [2.05, 4.69) is 10.2 Å². The average Bonchev–Trinajstić information content (AvgIpc) is 2.26. The summed E-state index contributed by atoms with van der Waals surface area (Å²) in [6.07, 6.45) is 3.63. The van der Waals surface area contributed by atoms with Crippen LogP contribution in [0.4, 0.5) is 11.4 Å². The largest absolute Gasteiger partial charge is 0.497 e. The Labute approximate surface area is 101 Å². The van der Waals surface area contributed by atoms with Crippen molar-refractivity contribution < 1.29 is 9.53 Å². The summed E-state index contributed by atoms with van der Waals surface area (Å²) in [7, 11) is 1.66. The van der Waals surface area contributed by atoms with Gasteiger partial charge < -0.3 is 15.0 Å². The summed E-state index contributed by atoms with van der Waals surface area (Å²) in [4.78, 5) is 13.9. The lowest BCUT2D eigenvalue weighted by Crippen LogP contribution is -2.47. The zero-order valence-electron chi connectivity index (χ0n) is 9.90. The van der Waals surface area contributed by atoms with Gasteiger partial charge in [-0.2, -0.15) is 0 Å². The third-order valence-corrected chi connectivity index (χ3v) is 3.62. The molecule has 0 radical (unpaired) electrons. The molecular formula is C13H16N2O2. The quantitative estimate of drug-likeness (QED) is 0.848. The van der Waals surface area contributed by atoms with Crippen LogP contribution in [0.15, 0.2) is 18.2 Å². The first-order valence-corrected chi connectivity index (χ1v) is 6.02. The molecule has 0 spiro atoms. The molecule has 0 aromatic heterocycles. The Morgan fingerprint density at radius 1 is 1.41 bits per heavy atom. The molecule has 4 nitrogen and oxygen atoms in total. The number of benzene rings is 1. The molecule has 1 N–H and O–H groups in total. The van der Waals surface area contributed by atoms with Crippen molar-refractivity contribution in [2.45, 2.75) is 25.3 Å². The van der Waals surface area contributed by atoms with Crippen molar-refractivity contribution in [1.29, 1.82) is 0 Å². The summed E-state index contributed by atoms with van der Waals surface area (Å²) in [6, 6.07) is 6.32. The van der Waals surface area contributed by atoms with Crippen LogP contribution in [0.3, 0.4) is 0 Å². The van der Waals surface area contributed by atoms with E-state index in [0.29, 0.717) is 12.6 Å². The van der Waals surface area contributed by atoms with Gasteiger partial charge in [0.1, 0.15) is 5.75 Å². The number of rotatable bonds is 2. The molecule has 1 fully saturated rings. The van der Waals surface area contributed by atoms with Crippen LogP contribution in [-0.4, -0.2) is 25.6 Å². The van der Waals surface area contributed by atoms with Crippen LogP contribution >= 0.6 is 0 Å². The van der Waals surface area contributed by atoms with Crippen LogP contribution in [0.2, 0.25) is 0 Å². The van der Waals surface area contributed by atoms with E-state index in [4.69, 9.17) is 4.74 Å². The molecule has 17 heavy (non-hydrogen) atoms. The van der Waals surface area contributed by atoms with Gasteiger partial charge in [-0.15, -0.1) is 0 Å². The Morgan fingerprint density at radius 3 is 2.88 bits per heavy atom. The predicted molar refractivity (Wildman–Crippen MR) is 66.6 cm³/mol. The number of hydrogen-bond acceptors (Lipinski definition) is 3. The average molecular weight is 232 g/mol. The lowest BCUT2D eigenvalue weighted by molar-refractivity contribution is -0.115. The predicted octanol–water partition coefficient (Wildman–Crippen LogP) is 2.01. The lowest BCUT2D eigenvalue weighted by atomic mass is 9.90. The number of fused-ring (bicyclic) bond motifs is 1. The van der Waals surface area contributed by atoms with E-state index < -0.39 is 0 Å². The number of ether oxygens (including phenoxy) is 1. The highest BCUT2D eigenvalue weighted by molar-refractivity contribution is 6.01. The Hall–Kier alpha value is -1.71. The Kier molecular flexibility index (Phi) is 2.42. The van der Waals surface area contributed by atoms with E-state index in [-0.39, 0.29) is 5.91 Å². The minimum Gasteiger partial charge on any atom is -0.497 e. The fourth-order valence-electron chi connectivity index (χ4n) is 2.44. The van der Waals surface area contributed by atoms with Crippen molar-refractivity contribution in [3.63, 3.8) is 0 Å². The monoisotopic (exact) mass is 232 g/mol. The van der Waals surface area contributed by atoms with Crippen LogP contribution in [-0.2, 0) is 4.79 Å². The van der Waals surface area contributed by atoms with Crippen LogP contribution in [0.25, 0.3) is 0 Å². The highest BCUT2D eigenvalue weighted by Crippen LogP contribution is 2.38. The molecule has 1 amide bonds. The van der Waals surface area contributed by atoms with Crippen molar-refractivity contribution in [3.05, 3.63) is 18.2 Å². The maximum Gasteiger partial charge on any atom is 0.243 e. The second kappa shape index (κ2) is 3.95. The molecule has 1 saturated carbocycles. The summed E-state index contributed by atoms with van der Waals surface area (Å²) in [6.45, 7) is 0.463. The maximum atomic E-state index is 11.7. The number of nitrogens with one attached hydrogen (secondary N) is 1. The van der Waals surface area contributed by atoms with Crippen molar-refractivity contribution in [2.24, 2.45) is 0 Å². The topological polar surface area (TPSA) is 41.6 Å². The van der Waals surface area contributed by atoms with Crippen molar-refractivity contribution >= 4 is 17.3 Å². The third-order valence-electron chi connectivity index (χ3n) is 3.62. The van der Waals surface area contributed by atoms with E-state index in [1.165, 1.54) is 19.3 Å². The first kappa shape index (κ1) is 10.4. The number of methoxy groups -OCH3 is 1. The maximum absolute atomic E-state index is 11.7. The van der Waals surface area contributed by atoms with Gasteiger partial charge in [-0.1, -0.05) is 0 Å². The second-order valence-corrected chi connectivity index (χ2v) is 4.64. The van der Waals surface area contributed by atoms with Crippen LogP contribution in [0.1, 0.15) is 19.3 Å². The molecule has 0 saturated heterocycles. The van der Waals surface area contributed by atoms with Gasteiger partial charge >= 0.3 is 0 Å². The summed E-state index contributed by atoms with van der Waals surface area (Å²) in [5, 5.41) is 2.91. The number of hydrogen-bond donors (Lipinski definition) is 1. The van der Waals surface area contributed by atoms with Gasteiger partial charge in [0.2, 0.25) is 5.91 Å². The Bertz CT molecular complexity index is 455. The Morgan fingerprint density at radius 2 is 2.24 bits per heavy atom. The van der Waals surface area contributed by atoms with Crippen LogP contribution < -0.4 is 15.0 Å². The molecule has 3 rings (SSSR count). The van der Waals surface area contributed by atoms with Crippen molar-refractivity contribution in [2.75, 3.05) is 23.9 Å². The zero-order chi connectivity index (χ0) is 11.8. The van der Waals surface area contributed by atoms with E-state index in [1.54, 1.807) is 7.11 Å². The number of nitrogens with zero attached hydrogens (tertiary/aromatic N) is 1. The Balaban J connectivity index is 1.99. The van der Waals surface area contributed by atoms with Gasteiger partial charge in [-0.05, 0) is 31.4 Å². The van der Waals surface area contributed by atoms with Crippen molar-refractivity contribution in [1.82, 2.24) is 0 Å². The number of amides is 1. The highest BCUT2D eigenvalue weighted by atomic mass is 16.5. The van der Waals surface area contributed by atoms with Crippen LogP contribution in [0, 0.1) is 0 Å².